The van der Waals surface area contributed by atoms with Gasteiger partial charge in [0.25, 0.3) is 5.91 Å². The Bertz CT molecular complexity index is 663. The molecular formula is C18H21ClFN2O+. The minimum atomic E-state index is -0.233. The molecule has 1 amide bonds. The molecule has 0 spiro atoms. The largest absolute Gasteiger partial charge is 0.351 e. The maximum Gasteiger partial charge on any atom is 0.275 e. The van der Waals surface area contributed by atoms with Crippen LogP contribution in [-0.2, 0) is 17.8 Å². The second-order valence-corrected chi connectivity index (χ2v) is 6.00. The number of rotatable bonds is 7. The van der Waals surface area contributed by atoms with Gasteiger partial charge in [0, 0.05) is 17.1 Å². The average Bonchev–Trinajstić information content (AvgIpc) is 2.51. The number of halogens is 2. The number of hydrogen-bond acceptors (Lipinski definition) is 1. The number of hydrogen-bond donors (Lipinski definition) is 2. The molecule has 122 valence electrons. The molecule has 2 rings (SSSR count). The first-order chi connectivity index (χ1) is 11.1. The van der Waals surface area contributed by atoms with E-state index in [2.05, 4.69) is 5.32 Å². The Balaban J connectivity index is 1.74. The van der Waals surface area contributed by atoms with Gasteiger partial charge in [-0.25, -0.2) is 4.39 Å². The van der Waals surface area contributed by atoms with E-state index < -0.39 is 0 Å². The van der Waals surface area contributed by atoms with Gasteiger partial charge in [0.05, 0.1) is 7.05 Å². The first-order valence-electron chi connectivity index (χ1n) is 7.61. The highest BCUT2D eigenvalue weighted by Crippen LogP contribution is 2.13. The van der Waals surface area contributed by atoms with E-state index in [1.54, 1.807) is 18.2 Å². The molecule has 0 aliphatic heterocycles. The van der Waals surface area contributed by atoms with Crippen molar-refractivity contribution >= 4 is 17.5 Å². The van der Waals surface area contributed by atoms with E-state index in [0.29, 0.717) is 36.6 Å². The number of nitrogens with one attached hydrogen (secondary N) is 2. The van der Waals surface area contributed by atoms with Crippen molar-refractivity contribution in [3.05, 3.63) is 70.5 Å². The van der Waals surface area contributed by atoms with Gasteiger partial charge in [0.1, 0.15) is 12.4 Å². The van der Waals surface area contributed by atoms with Crippen molar-refractivity contribution in [3.8, 4) is 0 Å². The summed E-state index contributed by atoms with van der Waals surface area (Å²) in [6.07, 6.45) is 0.488. The van der Waals surface area contributed by atoms with Gasteiger partial charge in [-0.1, -0.05) is 48.0 Å². The smallest absolute Gasteiger partial charge is 0.275 e. The molecule has 0 aliphatic carbocycles. The zero-order valence-corrected chi connectivity index (χ0v) is 13.9. The van der Waals surface area contributed by atoms with Crippen LogP contribution in [0.1, 0.15) is 11.1 Å². The number of benzene rings is 2. The van der Waals surface area contributed by atoms with Crippen LogP contribution in [0.4, 0.5) is 4.39 Å². The lowest BCUT2D eigenvalue weighted by Crippen LogP contribution is -3.08. The van der Waals surface area contributed by atoms with Gasteiger partial charge in [-0.05, 0) is 24.1 Å². The van der Waals surface area contributed by atoms with E-state index in [1.807, 2.05) is 31.3 Å². The molecule has 0 heterocycles. The molecule has 0 aliphatic rings. The molecule has 3 nitrogen and oxygen atoms in total. The third kappa shape index (κ3) is 5.66. The zero-order chi connectivity index (χ0) is 16.7. The van der Waals surface area contributed by atoms with Gasteiger partial charge < -0.3 is 10.2 Å². The quantitative estimate of drug-likeness (QED) is 0.795. The number of quaternary nitrogens is 1. The van der Waals surface area contributed by atoms with E-state index >= 15 is 0 Å². The van der Waals surface area contributed by atoms with Gasteiger partial charge in [0.15, 0.2) is 6.54 Å². The van der Waals surface area contributed by atoms with Crippen LogP contribution in [-0.4, -0.2) is 26.0 Å². The topological polar surface area (TPSA) is 33.5 Å². The molecule has 0 saturated heterocycles. The summed E-state index contributed by atoms with van der Waals surface area (Å²) in [4.78, 5) is 13.0. The Kier molecular flexibility index (Phi) is 6.56. The van der Waals surface area contributed by atoms with Crippen molar-refractivity contribution in [2.24, 2.45) is 0 Å². The highest BCUT2D eigenvalue weighted by molar-refractivity contribution is 6.31. The van der Waals surface area contributed by atoms with Crippen molar-refractivity contribution in [1.29, 1.82) is 0 Å². The van der Waals surface area contributed by atoms with Gasteiger partial charge in [0.2, 0.25) is 0 Å². The molecule has 0 saturated carbocycles. The summed E-state index contributed by atoms with van der Waals surface area (Å²) < 4.78 is 13.5. The van der Waals surface area contributed by atoms with E-state index in [9.17, 15) is 9.18 Å². The first-order valence-corrected chi connectivity index (χ1v) is 7.99. The Hall–Kier alpha value is -1.91. The SMILES string of the molecule is C[NH+](CC(=O)NCCc1ccccc1F)Cc1ccccc1Cl. The van der Waals surface area contributed by atoms with Crippen LogP contribution in [0.15, 0.2) is 48.5 Å². The number of likely N-dealkylation sites (N-methyl/N-ethyl adjacent to an activating group) is 1. The number of carbonyl (C=O) groups excluding carboxylic acids is 1. The van der Waals surface area contributed by atoms with Gasteiger partial charge in [-0.2, -0.15) is 0 Å². The Labute approximate surface area is 141 Å². The standard InChI is InChI=1S/C18H20ClFN2O/c1-22(12-15-7-2-4-8-16(15)19)13-18(23)21-11-10-14-6-3-5-9-17(14)20/h2-9H,10-13H2,1H3,(H,21,23)/p+1. The highest BCUT2D eigenvalue weighted by Gasteiger charge is 2.12. The van der Waals surface area contributed by atoms with Crippen molar-refractivity contribution in [1.82, 2.24) is 5.32 Å². The molecule has 0 fully saturated rings. The van der Waals surface area contributed by atoms with Crippen LogP contribution >= 0.6 is 11.6 Å². The lowest BCUT2D eigenvalue weighted by Gasteiger charge is -2.14. The van der Waals surface area contributed by atoms with Gasteiger partial charge in [-0.15, -0.1) is 0 Å². The lowest BCUT2D eigenvalue weighted by molar-refractivity contribution is -0.885. The predicted octanol–water partition coefficient (Wildman–Crippen LogP) is 1.85. The summed E-state index contributed by atoms with van der Waals surface area (Å²) in [6.45, 7) is 1.46. The third-order valence-electron chi connectivity index (χ3n) is 3.59. The van der Waals surface area contributed by atoms with Crippen molar-refractivity contribution in [3.63, 3.8) is 0 Å². The molecule has 5 heteroatoms. The van der Waals surface area contributed by atoms with Crippen LogP contribution in [0.5, 0.6) is 0 Å². The Morgan fingerprint density at radius 2 is 1.78 bits per heavy atom. The number of amides is 1. The number of carbonyl (C=O) groups is 1. The zero-order valence-electron chi connectivity index (χ0n) is 13.1. The van der Waals surface area contributed by atoms with Gasteiger partial charge >= 0.3 is 0 Å². The molecular weight excluding hydrogens is 315 g/mol. The third-order valence-corrected chi connectivity index (χ3v) is 3.96. The maximum atomic E-state index is 13.5. The van der Waals surface area contributed by atoms with E-state index in [0.717, 1.165) is 10.5 Å². The maximum absolute atomic E-state index is 13.5. The Morgan fingerprint density at radius 1 is 1.13 bits per heavy atom. The molecule has 2 aromatic carbocycles. The van der Waals surface area contributed by atoms with E-state index in [4.69, 9.17) is 11.6 Å². The molecule has 1 atom stereocenters. The minimum absolute atomic E-state index is 0.0501. The van der Waals surface area contributed by atoms with Crippen LogP contribution < -0.4 is 10.2 Å². The fourth-order valence-corrected chi connectivity index (χ4v) is 2.61. The lowest BCUT2D eigenvalue weighted by atomic mass is 10.1. The minimum Gasteiger partial charge on any atom is -0.351 e. The summed E-state index contributed by atoms with van der Waals surface area (Å²) in [5.74, 6) is -0.283. The van der Waals surface area contributed by atoms with Crippen LogP contribution in [0, 0.1) is 5.82 Å². The van der Waals surface area contributed by atoms with Crippen LogP contribution in [0.3, 0.4) is 0 Å². The fraction of sp³-hybridized carbons (Fsp3) is 0.278. The normalized spacial score (nSPS) is 12.0. The molecule has 1 unspecified atom stereocenters. The molecule has 0 aromatic heterocycles. The average molecular weight is 336 g/mol. The second kappa shape index (κ2) is 8.65. The molecule has 2 aromatic rings. The molecule has 0 bridgehead atoms. The van der Waals surface area contributed by atoms with Crippen LogP contribution in [0.25, 0.3) is 0 Å². The van der Waals surface area contributed by atoms with E-state index in [-0.39, 0.29) is 11.7 Å². The monoisotopic (exact) mass is 335 g/mol. The van der Waals surface area contributed by atoms with E-state index in [1.165, 1.54) is 6.07 Å². The molecule has 0 radical (unpaired) electrons. The highest BCUT2D eigenvalue weighted by atomic mass is 35.5. The summed E-state index contributed by atoms with van der Waals surface area (Å²) in [5.41, 5.74) is 1.63. The van der Waals surface area contributed by atoms with Gasteiger partial charge in [-0.3, -0.25) is 4.79 Å². The summed E-state index contributed by atoms with van der Waals surface area (Å²) in [6, 6.07) is 14.2. The second-order valence-electron chi connectivity index (χ2n) is 5.59. The predicted molar refractivity (Wildman–Crippen MR) is 90.0 cm³/mol. The summed E-state index contributed by atoms with van der Waals surface area (Å²) in [5, 5.41) is 3.54. The fourth-order valence-electron chi connectivity index (χ4n) is 2.40. The summed E-state index contributed by atoms with van der Waals surface area (Å²) >= 11 is 6.12. The van der Waals surface area contributed by atoms with Crippen molar-refractivity contribution < 1.29 is 14.1 Å². The molecule has 23 heavy (non-hydrogen) atoms. The first kappa shape index (κ1) is 17.4. The van der Waals surface area contributed by atoms with Crippen LogP contribution in [0.2, 0.25) is 5.02 Å². The Morgan fingerprint density at radius 3 is 2.48 bits per heavy atom. The van der Waals surface area contributed by atoms with Crippen molar-refractivity contribution in [2.45, 2.75) is 13.0 Å². The summed E-state index contributed by atoms with van der Waals surface area (Å²) in [7, 11) is 1.94. The van der Waals surface area contributed by atoms with Crippen molar-refractivity contribution in [2.75, 3.05) is 20.1 Å². The molecule has 2 N–H and O–H groups in total.